The van der Waals surface area contributed by atoms with Crippen LogP contribution in [0.15, 0.2) is 16.5 Å². The molecule has 0 aromatic carbocycles. The fraction of sp³-hybridized carbons (Fsp3) is 0.571. The fourth-order valence-electron chi connectivity index (χ4n) is 1.38. The minimum Gasteiger partial charge on any atom is -0.463 e. The quantitative estimate of drug-likeness (QED) is 0.609. The highest BCUT2D eigenvalue weighted by atomic mass is 16.5. The number of methoxy groups -OCH3 is 1. The third-order valence-corrected chi connectivity index (χ3v) is 3.24. The first-order valence-corrected chi connectivity index (χ1v) is 5.97. The van der Waals surface area contributed by atoms with Gasteiger partial charge in [-0.05, 0) is 23.5 Å². The molecule has 0 aliphatic rings. The van der Waals surface area contributed by atoms with Crippen LogP contribution in [0.3, 0.4) is 0 Å². The first-order chi connectivity index (χ1) is 8.25. The summed E-state index contributed by atoms with van der Waals surface area (Å²) in [5.41, 5.74) is 0.0629. The number of ketones is 1. The molecule has 4 nitrogen and oxygen atoms in total. The molecule has 0 aliphatic carbocycles. The van der Waals surface area contributed by atoms with Crippen molar-refractivity contribution in [3.63, 3.8) is 0 Å². The van der Waals surface area contributed by atoms with E-state index in [0.717, 1.165) is 0 Å². The second-order valence-corrected chi connectivity index (χ2v) is 5.55. The summed E-state index contributed by atoms with van der Waals surface area (Å²) in [6.45, 7) is 8.30. The van der Waals surface area contributed by atoms with E-state index in [0.29, 0.717) is 6.42 Å². The molecular weight excluding hydrogens is 232 g/mol. The zero-order valence-electron chi connectivity index (χ0n) is 11.6. The van der Waals surface area contributed by atoms with Crippen LogP contribution >= 0.6 is 0 Å². The topological polar surface area (TPSA) is 56.5 Å². The van der Waals surface area contributed by atoms with Crippen molar-refractivity contribution >= 4 is 11.8 Å². The number of Topliss-reactive ketones (excluding diaryl/α,β-unsaturated/α-hetero) is 1. The Morgan fingerprint density at radius 1 is 1.28 bits per heavy atom. The zero-order chi connectivity index (χ0) is 13.9. The molecule has 0 aliphatic heterocycles. The van der Waals surface area contributed by atoms with E-state index in [4.69, 9.17) is 4.42 Å². The highest BCUT2D eigenvalue weighted by Gasteiger charge is 2.25. The summed E-state index contributed by atoms with van der Waals surface area (Å²) in [6, 6.07) is 2.98. The molecule has 4 heteroatoms. The summed E-state index contributed by atoms with van der Waals surface area (Å²) in [6.07, 6.45) is 0.400. The van der Waals surface area contributed by atoms with E-state index in [1.807, 2.05) is 6.92 Å². The third kappa shape index (κ3) is 3.45. The third-order valence-electron chi connectivity index (χ3n) is 3.24. The second-order valence-electron chi connectivity index (χ2n) is 5.55. The molecule has 0 saturated heterocycles. The van der Waals surface area contributed by atoms with Gasteiger partial charge < -0.3 is 9.15 Å². The van der Waals surface area contributed by atoms with Gasteiger partial charge in [-0.25, -0.2) is 4.79 Å². The van der Waals surface area contributed by atoms with Gasteiger partial charge >= 0.3 is 5.97 Å². The monoisotopic (exact) mass is 252 g/mol. The molecule has 0 amide bonds. The number of carbonyl (C=O) groups is 2. The van der Waals surface area contributed by atoms with Crippen LogP contribution < -0.4 is 0 Å². The Labute approximate surface area is 107 Å². The minimum atomic E-state index is -0.571. The molecule has 100 valence electrons. The van der Waals surface area contributed by atoms with Gasteiger partial charge in [-0.3, -0.25) is 4.79 Å². The molecule has 1 aromatic rings. The molecule has 1 heterocycles. The van der Waals surface area contributed by atoms with Crippen molar-refractivity contribution in [1.29, 1.82) is 0 Å². The molecule has 1 aromatic heterocycles. The molecule has 18 heavy (non-hydrogen) atoms. The summed E-state index contributed by atoms with van der Waals surface area (Å²) in [5, 5.41) is 0. The first kappa shape index (κ1) is 14.5. The van der Waals surface area contributed by atoms with Gasteiger partial charge in [0.2, 0.25) is 5.76 Å². The maximum atomic E-state index is 12.0. The maximum Gasteiger partial charge on any atom is 0.373 e. The number of furan rings is 1. The van der Waals surface area contributed by atoms with Crippen LogP contribution in [0.5, 0.6) is 0 Å². The average molecular weight is 252 g/mol. The van der Waals surface area contributed by atoms with Gasteiger partial charge in [-0.1, -0.05) is 27.7 Å². The van der Waals surface area contributed by atoms with Crippen molar-refractivity contribution in [2.45, 2.75) is 34.1 Å². The Hall–Kier alpha value is -1.58. The number of rotatable bonds is 4. The lowest BCUT2D eigenvalue weighted by Gasteiger charge is -2.26. The Morgan fingerprint density at radius 2 is 1.83 bits per heavy atom. The molecule has 0 bridgehead atoms. The lowest BCUT2D eigenvalue weighted by molar-refractivity contribution is 0.0562. The number of esters is 1. The molecular formula is C14H20O4. The van der Waals surface area contributed by atoms with Crippen LogP contribution in [0.2, 0.25) is 0 Å². The zero-order valence-corrected chi connectivity index (χ0v) is 11.6. The summed E-state index contributed by atoms with van der Waals surface area (Å²) < 4.78 is 9.71. The average Bonchev–Trinajstić information content (AvgIpc) is 2.75. The van der Waals surface area contributed by atoms with Crippen molar-refractivity contribution < 1.29 is 18.7 Å². The van der Waals surface area contributed by atoms with Gasteiger partial charge in [0, 0.05) is 6.42 Å². The highest BCUT2D eigenvalue weighted by molar-refractivity contribution is 5.95. The Kier molecular flexibility index (Phi) is 4.33. The molecule has 0 radical (unpaired) electrons. The van der Waals surface area contributed by atoms with Crippen molar-refractivity contribution in [3.8, 4) is 0 Å². The van der Waals surface area contributed by atoms with E-state index in [-0.39, 0.29) is 28.6 Å². The SMILES string of the molecule is COC(=O)c1ccc(C(=O)CC(C)C(C)(C)C)o1. The first-order valence-electron chi connectivity index (χ1n) is 5.97. The van der Waals surface area contributed by atoms with E-state index in [1.165, 1.54) is 19.2 Å². The van der Waals surface area contributed by atoms with Crippen molar-refractivity contribution in [3.05, 3.63) is 23.7 Å². The standard InChI is InChI=1S/C14H20O4/c1-9(14(2,3)4)8-10(15)11-6-7-12(18-11)13(16)17-5/h6-7,9H,8H2,1-5H3. The molecule has 1 rings (SSSR count). The Balaban J connectivity index is 2.74. The molecule has 0 spiro atoms. The van der Waals surface area contributed by atoms with Crippen molar-refractivity contribution in [2.75, 3.05) is 7.11 Å². The van der Waals surface area contributed by atoms with E-state index in [9.17, 15) is 9.59 Å². The lowest BCUT2D eigenvalue weighted by atomic mass is 9.79. The summed E-state index contributed by atoms with van der Waals surface area (Å²) in [4.78, 5) is 23.2. The van der Waals surface area contributed by atoms with Gasteiger partial charge in [0.05, 0.1) is 7.11 Å². The van der Waals surface area contributed by atoms with Crippen molar-refractivity contribution in [1.82, 2.24) is 0 Å². The number of ether oxygens (including phenoxy) is 1. The molecule has 1 atom stereocenters. The van der Waals surface area contributed by atoms with E-state index < -0.39 is 5.97 Å². The Morgan fingerprint density at radius 3 is 2.33 bits per heavy atom. The fourth-order valence-corrected chi connectivity index (χ4v) is 1.38. The second kappa shape index (κ2) is 5.38. The normalized spacial score (nSPS) is 13.2. The minimum absolute atomic E-state index is 0.0595. The number of hydrogen-bond donors (Lipinski definition) is 0. The summed E-state index contributed by atoms with van der Waals surface area (Å²) >= 11 is 0. The van der Waals surface area contributed by atoms with E-state index in [2.05, 4.69) is 25.5 Å². The predicted molar refractivity (Wildman–Crippen MR) is 67.6 cm³/mol. The summed E-state index contributed by atoms with van der Waals surface area (Å²) in [7, 11) is 1.27. The number of carbonyl (C=O) groups excluding carboxylic acids is 2. The smallest absolute Gasteiger partial charge is 0.373 e. The largest absolute Gasteiger partial charge is 0.463 e. The lowest BCUT2D eigenvalue weighted by Crippen LogP contribution is -2.20. The van der Waals surface area contributed by atoms with Crippen LogP contribution in [0.4, 0.5) is 0 Å². The maximum absolute atomic E-state index is 12.0. The van der Waals surface area contributed by atoms with Gasteiger partial charge in [-0.2, -0.15) is 0 Å². The molecule has 1 unspecified atom stereocenters. The van der Waals surface area contributed by atoms with E-state index >= 15 is 0 Å². The van der Waals surface area contributed by atoms with Gasteiger partial charge in [0.25, 0.3) is 0 Å². The van der Waals surface area contributed by atoms with E-state index in [1.54, 1.807) is 0 Å². The molecule has 0 fully saturated rings. The van der Waals surface area contributed by atoms with Crippen LogP contribution in [-0.2, 0) is 4.74 Å². The highest BCUT2D eigenvalue weighted by Crippen LogP contribution is 2.29. The molecule has 0 saturated carbocycles. The van der Waals surface area contributed by atoms with Crippen molar-refractivity contribution in [2.24, 2.45) is 11.3 Å². The molecule has 0 N–H and O–H groups in total. The van der Waals surface area contributed by atoms with Crippen LogP contribution in [0.25, 0.3) is 0 Å². The van der Waals surface area contributed by atoms with Gasteiger partial charge in [-0.15, -0.1) is 0 Å². The Bertz CT molecular complexity index is 437. The van der Waals surface area contributed by atoms with Gasteiger partial charge in [0.15, 0.2) is 11.5 Å². The van der Waals surface area contributed by atoms with Crippen LogP contribution in [0, 0.1) is 11.3 Å². The van der Waals surface area contributed by atoms with Crippen LogP contribution in [0.1, 0.15) is 55.2 Å². The number of hydrogen-bond acceptors (Lipinski definition) is 4. The van der Waals surface area contributed by atoms with Crippen LogP contribution in [-0.4, -0.2) is 18.9 Å². The van der Waals surface area contributed by atoms with Gasteiger partial charge in [0.1, 0.15) is 0 Å². The summed E-state index contributed by atoms with van der Waals surface area (Å²) in [5.74, 6) is -0.155. The predicted octanol–water partition coefficient (Wildman–Crippen LogP) is 3.32.